The first-order chi connectivity index (χ1) is 9.52. The molecule has 0 aromatic heterocycles. The zero-order valence-electron chi connectivity index (χ0n) is 12.6. The molecule has 4 nitrogen and oxygen atoms in total. The molecule has 2 unspecified atom stereocenters. The van der Waals surface area contributed by atoms with Crippen molar-refractivity contribution >= 4 is 11.6 Å². The molecule has 0 spiro atoms. The second-order valence-electron chi connectivity index (χ2n) is 5.75. The van der Waals surface area contributed by atoms with Crippen LogP contribution in [0.3, 0.4) is 0 Å². The fourth-order valence-corrected chi connectivity index (χ4v) is 2.74. The number of primary amides is 1. The van der Waals surface area contributed by atoms with Crippen LogP contribution in [0.4, 0.5) is 5.69 Å². The summed E-state index contributed by atoms with van der Waals surface area (Å²) in [7, 11) is 1.98. The number of hydrogen-bond acceptors (Lipinski definition) is 3. The molecular formula is C16H25N3O. The van der Waals surface area contributed by atoms with Crippen molar-refractivity contribution in [1.82, 2.24) is 5.32 Å². The van der Waals surface area contributed by atoms with Gasteiger partial charge in [0.05, 0.1) is 5.92 Å². The molecule has 2 atom stereocenters. The number of amides is 1. The molecular weight excluding hydrogens is 250 g/mol. The molecule has 1 aliphatic heterocycles. The summed E-state index contributed by atoms with van der Waals surface area (Å²) >= 11 is 0. The predicted octanol–water partition coefficient (Wildman–Crippen LogP) is 1.84. The first kappa shape index (κ1) is 14.9. The Labute approximate surface area is 121 Å². The van der Waals surface area contributed by atoms with Crippen molar-refractivity contribution in [2.75, 3.05) is 25.0 Å². The molecule has 20 heavy (non-hydrogen) atoms. The van der Waals surface area contributed by atoms with Crippen molar-refractivity contribution < 1.29 is 4.79 Å². The average Bonchev–Trinajstić information content (AvgIpc) is 2.46. The molecule has 1 heterocycles. The molecule has 1 aromatic carbocycles. The molecule has 110 valence electrons. The molecule has 0 saturated carbocycles. The molecule has 0 radical (unpaired) electrons. The average molecular weight is 275 g/mol. The number of nitrogens with one attached hydrogen (secondary N) is 1. The molecule has 3 N–H and O–H groups in total. The van der Waals surface area contributed by atoms with Gasteiger partial charge in [-0.15, -0.1) is 0 Å². The summed E-state index contributed by atoms with van der Waals surface area (Å²) in [5.41, 5.74) is 9.34. The summed E-state index contributed by atoms with van der Waals surface area (Å²) in [5.74, 6) is -0.339. The lowest BCUT2D eigenvalue weighted by Crippen LogP contribution is -2.37. The minimum absolute atomic E-state index is 0.114. The van der Waals surface area contributed by atoms with Crippen LogP contribution in [0, 0.1) is 5.92 Å². The van der Waals surface area contributed by atoms with E-state index in [9.17, 15) is 4.79 Å². The second kappa shape index (κ2) is 6.27. The van der Waals surface area contributed by atoms with Gasteiger partial charge in [-0.1, -0.05) is 19.1 Å². The molecule has 0 saturated heterocycles. The van der Waals surface area contributed by atoms with E-state index in [2.05, 4.69) is 35.3 Å². The quantitative estimate of drug-likeness (QED) is 0.862. The molecule has 0 aliphatic carbocycles. The van der Waals surface area contributed by atoms with E-state index in [1.165, 1.54) is 16.8 Å². The third kappa shape index (κ3) is 3.12. The standard InChI is InChI=1S/C16H25N3O/c1-11(16(17)20)10-19-8-4-5-14-9-13(12(2)18-3)6-7-15(14)19/h6-7,9,11-12,18H,4-5,8,10H2,1-3H3,(H2,17,20). The van der Waals surface area contributed by atoms with Gasteiger partial charge in [-0.25, -0.2) is 0 Å². The number of benzene rings is 1. The molecule has 1 aliphatic rings. The van der Waals surface area contributed by atoms with Gasteiger partial charge in [0.1, 0.15) is 0 Å². The zero-order valence-corrected chi connectivity index (χ0v) is 12.6. The van der Waals surface area contributed by atoms with Crippen molar-refractivity contribution in [3.63, 3.8) is 0 Å². The van der Waals surface area contributed by atoms with Crippen molar-refractivity contribution in [2.24, 2.45) is 11.7 Å². The van der Waals surface area contributed by atoms with E-state index in [0.717, 1.165) is 19.4 Å². The molecule has 0 fully saturated rings. The number of carbonyl (C=O) groups is 1. The monoisotopic (exact) mass is 275 g/mol. The topological polar surface area (TPSA) is 58.4 Å². The van der Waals surface area contributed by atoms with E-state index in [4.69, 9.17) is 5.73 Å². The number of carbonyl (C=O) groups excluding carboxylic acids is 1. The van der Waals surface area contributed by atoms with Crippen LogP contribution in [0.25, 0.3) is 0 Å². The van der Waals surface area contributed by atoms with Gasteiger partial charge in [0.25, 0.3) is 0 Å². The smallest absolute Gasteiger partial charge is 0.222 e. The number of hydrogen-bond donors (Lipinski definition) is 2. The number of nitrogens with zero attached hydrogens (tertiary/aromatic N) is 1. The van der Waals surface area contributed by atoms with Crippen LogP contribution in [0.2, 0.25) is 0 Å². The predicted molar refractivity (Wildman–Crippen MR) is 82.8 cm³/mol. The highest BCUT2D eigenvalue weighted by Gasteiger charge is 2.21. The molecule has 4 heteroatoms. The minimum Gasteiger partial charge on any atom is -0.371 e. The summed E-state index contributed by atoms with van der Waals surface area (Å²) in [6.07, 6.45) is 2.25. The zero-order chi connectivity index (χ0) is 14.7. The Bertz CT molecular complexity index is 487. The Morgan fingerprint density at radius 3 is 2.85 bits per heavy atom. The van der Waals surface area contributed by atoms with Crippen LogP contribution >= 0.6 is 0 Å². The van der Waals surface area contributed by atoms with Gasteiger partial charge in [0.15, 0.2) is 0 Å². The maximum atomic E-state index is 11.3. The van der Waals surface area contributed by atoms with E-state index in [1.54, 1.807) is 0 Å². The molecule has 0 bridgehead atoms. The van der Waals surface area contributed by atoms with Gasteiger partial charge in [0.2, 0.25) is 5.91 Å². The third-order valence-corrected chi connectivity index (χ3v) is 4.23. The summed E-state index contributed by atoms with van der Waals surface area (Å²) < 4.78 is 0. The van der Waals surface area contributed by atoms with Crippen molar-refractivity contribution in [3.8, 4) is 0 Å². The van der Waals surface area contributed by atoms with Gasteiger partial charge in [-0.05, 0) is 44.0 Å². The lowest BCUT2D eigenvalue weighted by Gasteiger charge is -2.33. The summed E-state index contributed by atoms with van der Waals surface area (Å²) in [5, 5.41) is 3.27. The Morgan fingerprint density at radius 1 is 1.45 bits per heavy atom. The lowest BCUT2D eigenvalue weighted by atomic mass is 9.96. The van der Waals surface area contributed by atoms with Gasteiger partial charge in [0, 0.05) is 24.8 Å². The maximum absolute atomic E-state index is 11.3. The first-order valence-corrected chi connectivity index (χ1v) is 7.37. The van der Waals surface area contributed by atoms with Crippen molar-refractivity contribution in [1.29, 1.82) is 0 Å². The SMILES string of the molecule is CNC(C)c1ccc2c(c1)CCCN2CC(C)C(N)=O. The minimum atomic E-state index is -0.224. The normalized spacial score (nSPS) is 17.4. The van der Waals surface area contributed by atoms with Gasteiger partial charge in [-0.2, -0.15) is 0 Å². The highest BCUT2D eigenvalue weighted by molar-refractivity contribution is 5.77. The van der Waals surface area contributed by atoms with Crippen LogP contribution < -0.4 is 16.0 Å². The van der Waals surface area contributed by atoms with Crippen molar-refractivity contribution in [2.45, 2.75) is 32.7 Å². The molecule has 1 amide bonds. The van der Waals surface area contributed by atoms with Crippen LogP contribution in [-0.4, -0.2) is 26.0 Å². The molecule has 2 rings (SSSR count). The Morgan fingerprint density at radius 2 is 2.20 bits per heavy atom. The molecule has 1 aromatic rings. The fraction of sp³-hybridized carbons (Fsp3) is 0.562. The fourth-order valence-electron chi connectivity index (χ4n) is 2.74. The van der Waals surface area contributed by atoms with Crippen LogP contribution in [0.15, 0.2) is 18.2 Å². The van der Waals surface area contributed by atoms with Crippen LogP contribution in [-0.2, 0) is 11.2 Å². The van der Waals surface area contributed by atoms with Gasteiger partial charge < -0.3 is 16.0 Å². The maximum Gasteiger partial charge on any atom is 0.222 e. The Balaban J connectivity index is 2.21. The lowest BCUT2D eigenvalue weighted by molar-refractivity contribution is -0.121. The number of rotatable bonds is 5. The van der Waals surface area contributed by atoms with E-state index < -0.39 is 0 Å². The highest BCUT2D eigenvalue weighted by atomic mass is 16.1. The third-order valence-electron chi connectivity index (χ3n) is 4.23. The summed E-state index contributed by atoms with van der Waals surface area (Å²) in [6, 6.07) is 7.01. The Kier molecular flexibility index (Phi) is 4.65. The van der Waals surface area contributed by atoms with E-state index in [0.29, 0.717) is 12.6 Å². The summed E-state index contributed by atoms with van der Waals surface area (Å²) in [6.45, 7) is 5.78. The van der Waals surface area contributed by atoms with Crippen LogP contribution in [0.1, 0.15) is 37.4 Å². The van der Waals surface area contributed by atoms with Crippen molar-refractivity contribution in [3.05, 3.63) is 29.3 Å². The number of aryl methyl sites for hydroxylation is 1. The van der Waals surface area contributed by atoms with Crippen LogP contribution in [0.5, 0.6) is 0 Å². The number of nitrogens with two attached hydrogens (primary N) is 1. The highest BCUT2D eigenvalue weighted by Crippen LogP contribution is 2.30. The number of fused-ring (bicyclic) bond motifs is 1. The first-order valence-electron chi connectivity index (χ1n) is 7.37. The van der Waals surface area contributed by atoms with E-state index >= 15 is 0 Å². The van der Waals surface area contributed by atoms with Gasteiger partial charge >= 0.3 is 0 Å². The van der Waals surface area contributed by atoms with E-state index in [-0.39, 0.29) is 11.8 Å². The Hall–Kier alpha value is -1.55. The van der Waals surface area contributed by atoms with Gasteiger partial charge in [-0.3, -0.25) is 4.79 Å². The van der Waals surface area contributed by atoms with E-state index in [1.807, 2.05) is 14.0 Å². The number of anilines is 1. The summed E-state index contributed by atoms with van der Waals surface area (Å²) in [4.78, 5) is 13.5. The second-order valence-corrected chi connectivity index (χ2v) is 5.75. The largest absolute Gasteiger partial charge is 0.371 e.